The molecule has 4 rings (SSSR count). The summed E-state index contributed by atoms with van der Waals surface area (Å²) in [5.74, 6) is 2.16. The van der Waals surface area contributed by atoms with Gasteiger partial charge < -0.3 is 19.1 Å². The number of piperazine rings is 1. The van der Waals surface area contributed by atoms with Crippen molar-refractivity contribution in [3.8, 4) is 28.5 Å². The number of hydrogen-bond acceptors (Lipinski definition) is 7. The van der Waals surface area contributed by atoms with E-state index in [0.717, 1.165) is 47.2 Å². The second-order valence-electron chi connectivity index (χ2n) is 7.90. The molecule has 34 heavy (non-hydrogen) atoms. The molecule has 1 aliphatic heterocycles. The molecule has 1 aromatic heterocycles. The van der Waals surface area contributed by atoms with E-state index < -0.39 is 0 Å². The highest BCUT2D eigenvalue weighted by Crippen LogP contribution is 2.28. The van der Waals surface area contributed by atoms with E-state index in [0.29, 0.717) is 24.6 Å². The summed E-state index contributed by atoms with van der Waals surface area (Å²) >= 11 is 1.67. The number of hydrogen-bond donors (Lipinski definition) is 0. The van der Waals surface area contributed by atoms with Crippen molar-refractivity contribution in [2.75, 3.05) is 47.5 Å². The highest BCUT2D eigenvalue weighted by molar-refractivity contribution is 7.09. The van der Waals surface area contributed by atoms with E-state index >= 15 is 0 Å². The lowest BCUT2D eigenvalue weighted by Gasteiger charge is -2.33. The highest BCUT2D eigenvalue weighted by Gasteiger charge is 2.20. The Kier molecular flexibility index (Phi) is 7.82. The molecule has 0 N–H and O–H groups in total. The number of thiazole rings is 1. The molecule has 8 heteroatoms. The van der Waals surface area contributed by atoms with E-state index in [1.807, 2.05) is 53.4 Å². The minimum absolute atomic E-state index is 0.0190. The monoisotopic (exact) mass is 479 g/mol. The predicted octanol–water partition coefficient (Wildman–Crippen LogP) is 4.19. The van der Waals surface area contributed by atoms with Crippen molar-refractivity contribution in [1.29, 1.82) is 0 Å². The van der Waals surface area contributed by atoms with Crippen LogP contribution in [-0.2, 0) is 11.3 Å². The quantitative estimate of drug-likeness (QED) is 0.452. The molecule has 0 spiro atoms. The van der Waals surface area contributed by atoms with Crippen LogP contribution < -0.4 is 14.2 Å². The molecular formula is C26H29N3O4S. The van der Waals surface area contributed by atoms with Crippen molar-refractivity contribution in [1.82, 2.24) is 14.8 Å². The molecule has 0 unspecified atom stereocenters. The number of ether oxygens (including phenoxy) is 3. The van der Waals surface area contributed by atoms with Crippen LogP contribution in [0.15, 0.2) is 53.9 Å². The van der Waals surface area contributed by atoms with Gasteiger partial charge in [0, 0.05) is 43.2 Å². The lowest BCUT2D eigenvalue weighted by molar-refractivity contribution is -0.127. The minimum atomic E-state index is 0.0190. The molecule has 1 saturated heterocycles. The summed E-state index contributed by atoms with van der Waals surface area (Å²) in [6.07, 6.45) is 3.44. The predicted molar refractivity (Wildman–Crippen MR) is 135 cm³/mol. The highest BCUT2D eigenvalue weighted by atomic mass is 32.1. The van der Waals surface area contributed by atoms with Crippen molar-refractivity contribution < 1.29 is 19.0 Å². The standard InChI is InChI=1S/C26H29N3O4S/c1-31-21-8-6-20(7-9-21)22-18-34-25(27-22)17-28-12-14-29(15-13-28)26(30)11-5-19-4-10-23(32-2)24(16-19)33-3/h4-11,16,18H,12-15,17H2,1-3H3/b11-5+. The lowest BCUT2D eigenvalue weighted by Crippen LogP contribution is -2.47. The molecule has 0 radical (unpaired) electrons. The van der Waals surface area contributed by atoms with Crippen LogP contribution in [0.5, 0.6) is 17.2 Å². The van der Waals surface area contributed by atoms with E-state index in [9.17, 15) is 4.79 Å². The van der Waals surface area contributed by atoms with Gasteiger partial charge in [-0.1, -0.05) is 6.07 Å². The summed E-state index contributed by atoms with van der Waals surface area (Å²) in [5.41, 5.74) is 2.96. The third-order valence-electron chi connectivity index (χ3n) is 5.81. The first-order valence-electron chi connectivity index (χ1n) is 11.1. The Morgan fingerprint density at radius 3 is 2.38 bits per heavy atom. The van der Waals surface area contributed by atoms with Crippen LogP contribution in [0.3, 0.4) is 0 Å². The Balaban J connectivity index is 1.28. The summed E-state index contributed by atoms with van der Waals surface area (Å²) < 4.78 is 15.8. The molecule has 0 saturated carbocycles. The van der Waals surface area contributed by atoms with Crippen LogP contribution in [-0.4, -0.2) is 68.2 Å². The number of methoxy groups -OCH3 is 3. The van der Waals surface area contributed by atoms with Crippen molar-refractivity contribution in [2.24, 2.45) is 0 Å². The number of rotatable bonds is 8. The van der Waals surface area contributed by atoms with Gasteiger partial charge in [-0.25, -0.2) is 4.98 Å². The van der Waals surface area contributed by atoms with Crippen molar-refractivity contribution in [3.63, 3.8) is 0 Å². The molecule has 178 valence electrons. The summed E-state index contributed by atoms with van der Waals surface area (Å²) in [7, 11) is 4.87. The van der Waals surface area contributed by atoms with E-state index in [2.05, 4.69) is 10.3 Å². The smallest absolute Gasteiger partial charge is 0.246 e. The molecule has 7 nitrogen and oxygen atoms in total. The average molecular weight is 480 g/mol. The minimum Gasteiger partial charge on any atom is -0.497 e. The van der Waals surface area contributed by atoms with Gasteiger partial charge in [0.15, 0.2) is 11.5 Å². The van der Waals surface area contributed by atoms with E-state index in [-0.39, 0.29) is 5.91 Å². The summed E-state index contributed by atoms with van der Waals surface area (Å²) in [4.78, 5) is 21.7. The number of amides is 1. The molecule has 0 bridgehead atoms. The van der Waals surface area contributed by atoms with Gasteiger partial charge in [0.05, 0.1) is 33.6 Å². The van der Waals surface area contributed by atoms with Crippen molar-refractivity contribution in [3.05, 3.63) is 64.5 Å². The molecule has 2 heterocycles. The first-order valence-corrected chi connectivity index (χ1v) is 12.0. The maximum atomic E-state index is 12.7. The van der Waals surface area contributed by atoms with E-state index in [1.54, 1.807) is 38.7 Å². The van der Waals surface area contributed by atoms with Gasteiger partial charge in [0.25, 0.3) is 0 Å². The Morgan fingerprint density at radius 1 is 0.971 bits per heavy atom. The van der Waals surface area contributed by atoms with Crippen molar-refractivity contribution in [2.45, 2.75) is 6.54 Å². The number of carbonyl (C=O) groups excluding carboxylic acids is 1. The van der Waals surface area contributed by atoms with Crippen molar-refractivity contribution >= 4 is 23.3 Å². The SMILES string of the molecule is COc1ccc(-c2csc(CN3CCN(C(=O)/C=C/c4ccc(OC)c(OC)c4)CC3)n2)cc1. The van der Waals surface area contributed by atoms with E-state index in [1.165, 1.54) is 0 Å². The van der Waals surface area contributed by atoms with Crippen LogP contribution in [0, 0.1) is 0 Å². The largest absolute Gasteiger partial charge is 0.497 e. The fourth-order valence-corrected chi connectivity index (χ4v) is 4.67. The lowest BCUT2D eigenvalue weighted by atomic mass is 10.2. The number of benzene rings is 2. The average Bonchev–Trinajstić information content (AvgIpc) is 3.36. The van der Waals surface area contributed by atoms with Gasteiger partial charge in [-0.15, -0.1) is 11.3 Å². The zero-order valence-electron chi connectivity index (χ0n) is 19.7. The number of aromatic nitrogens is 1. The molecule has 2 aromatic carbocycles. The summed E-state index contributed by atoms with van der Waals surface area (Å²) in [5, 5.41) is 3.18. The second-order valence-corrected chi connectivity index (χ2v) is 8.85. The zero-order chi connectivity index (χ0) is 23.9. The summed E-state index contributed by atoms with van der Waals surface area (Å²) in [6, 6.07) is 13.5. The molecule has 3 aromatic rings. The molecule has 1 fully saturated rings. The Bertz CT molecular complexity index is 1140. The topological polar surface area (TPSA) is 64.1 Å². The summed E-state index contributed by atoms with van der Waals surface area (Å²) in [6.45, 7) is 3.85. The molecule has 1 amide bonds. The number of carbonyl (C=O) groups is 1. The van der Waals surface area contributed by atoms with Crippen LogP contribution >= 0.6 is 11.3 Å². The third-order valence-corrected chi connectivity index (χ3v) is 6.64. The normalized spacial score (nSPS) is 14.4. The Hall–Kier alpha value is -3.36. The Labute approximate surface area is 204 Å². The third kappa shape index (κ3) is 5.76. The maximum absolute atomic E-state index is 12.7. The van der Waals surface area contributed by atoms with E-state index in [4.69, 9.17) is 19.2 Å². The maximum Gasteiger partial charge on any atom is 0.246 e. The molecule has 0 aliphatic carbocycles. The fraction of sp³-hybridized carbons (Fsp3) is 0.308. The first-order chi connectivity index (χ1) is 16.6. The van der Waals surface area contributed by atoms with Gasteiger partial charge in [0.1, 0.15) is 10.8 Å². The number of nitrogens with zero attached hydrogens (tertiary/aromatic N) is 3. The molecule has 1 aliphatic rings. The molecular weight excluding hydrogens is 450 g/mol. The zero-order valence-corrected chi connectivity index (χ0v) is 20.5. The van der Waals surface area contributed by atoms with Gasteiger partial charge in [-0.05, 0) is 48.0 Å². The van der Waals surface area contributed by atoms with Gasteiger partial charge in [-0.3, -0.25) is 9.69 Å². The van der Waals surface area contributed by atoms with Gasteiger partial charge in [0.2, 0.25) is 5.91 Å². The van der Waals surface area contributed by atoms with Crippen LogP contribution in [0.1, 0.15) is 10.6 Å². The van der Waals surface area contributed by atoms with Gasteiger partial charge >= 0.3 is 0 Å². The first kappa shape index (κ1) is 23.8. The van der Waals surface area contributed by atoms with Crippen LogP contribution in [0.25, 0.3) is 17.3 Å². The second kappa shape index (κ2) is 11.2. The van der Waals surface area contributed by atoms with Crippen LogP contribution in [0.2, 0.25) is 0 Å². The fourth-order valence-electron chi connectivity index (χ4n) is 3.82. The van der Waals surface area contributed by atoms with Gasteiger partial charge in [-0.2, -0.15) is 0 Å². The van der Waals surface area contributed by atoms with Crippen LogP contribution in [0.4, 0.5) is 0 Å². The Morgan fingerprint density at radius 2 is 1.71 bits per heavy atom. The molecule has 0 atom stereocenters.